The Bertz CT molecular complexity index is 2140. The topological polar surface area (TPSA) is 131 Å². The maximum Gasteiger partial charge on any atom is 0.330 e. The zero-order valence-electron chi connectivity index (χ0n) is 30.5. The molecule has 5 atom stereocenters. The fraction of sp³-hybridized carbons (Fsp3) is 0.293. The van der Waals surface area contributed by atoms with Gasteiger partial charge in [0.05, 0.1) is 33.5 Å². The van der Waals surface area contributed by atoms with Gasteiger partial charge in [-0.2, -0.15) is 0 Å². The summed E-state index contributed by atoms with van der Waals surface area (Å²) in [4.78, 5) is 40.7. The normalized spacial score (nSPS) is 21.1. The average Bonchev–Trinajstić information content (AvgIpc) is 3.84. The van der Waals surface area contributed by atoms with Crippen molar-refractivity contribution in [2.75, 3.05) is 34.0 Å². The van der Waals surface area contributed by atoms with Gasteiger partial charge in [-0.15, -0.1) is 0 Å². The summed E-state index contributed by atoms with van der Waals surface area (Å²) in [6, 6.07) is 34.3. The van der Waals surface area contributed by atoms with E-state index < -0.39 is 62.5 Å². The molecule has 1 unspecified atom stereocenters. The lowest BCUT2D eigenvalue weighted by atomic mass is 9.80. The lowest BCUT2D eigenvalue weighted by molar-refractivity contribution is -0.127. The Labute approximate surface area is 318 Å². The van der Waals surface area contributed by atoms with Gasteiger partial charge < -0.3 is 28.0 Å². The largest absolute Gasteiger partial charge is 0.497 e. The summed E-state index contributed by atoms with van der Waals surface area (Å²) in [5, 5.41) is 0. The molecule has 0 saturated carbocycles. The smallest absolute Gasteiger partial charge is 0.330 e. The molecule has 2 fully saturated rings. The zero-order chi connectivity index (χ0) is 38.5. The molecule has 3 heterocycles. The van der Waals surface area contributed by atoms with E-state index >= 15 is 0 Å². The van der Waals surface area contributed by atoms with Gasteiger partial charge in [-0.1, -0.05) is 84.9 Å². The first kappa shape index (κ1) is 38.1. The van der Waals surface area contributed by atoms with E-state index in [2.05, 4.69) is 4.98 Å². The van der Waals surface area contributed by atoms with E-state index in [1.54, 1.807) is 21.1 Å². The highest BCUT2D eigenvalue weighted by Crippen LogP contribution is 2.56. The number of carbonyl (C=O) groups excluding carboxylic acids is 1. The molecule has 1 aromatic heterocycles. The summed E-state index contributed by atoms with van der Waals surface area (Å²) in [5.41, 5.74) is 1.16. The number of aryl methyl sites for hydroxylation is 1. The third-order valence-electron chi connectivity index (χ3n) is 9.83. The fourth-order valence-corrected chi connectivity index (χ4v) is 8.58. The summed E-state index contributed by atoms with van der Waals surface area (Å²) in [5.74, 6) is 0.567. The number of halogens is 1. The average molecular weight is 770 g/mol. The molecule has 0 bridgehead atoms. The molecule has 7 rings (SSSR count). The van der Waals surface area contributed by atoms with Crippen LogP contribution in [0.4, 0.5) is 4.39 Å². The van der Waals surface area contributed by atoms with Crippen LogP contribution in [0.15, 0.2) is 125 Å². The maximum absolute atomic E-state index is 13.9. The van der Waals surface area contributed by atoms with E-state index in [1.165, 1.54) is 15.4 Å². The van der Waals surface area contributed by atoms with Crippen molar-refractivity contribution in [3.63, 3.8) is 0 Å². The van der Waals surface area contributed by atoms with E-state index in [0.717, 1.165) is 22.3 Å². The highest BCUT2D eigenvalue weighted by atomic mass is 31.2. The van der Waals surface area contributed by atoms with Crippen molar-refractivity contribution in [2.24, 2.45) is 0 Å². The number of H-pyrrole nitrogens is 1. The van der Waals surface area contributed by atoms with Crippen LogP contribution in [0.2, 0.25) is 0 Å². The molecule has 2 aliphatic heterocycles. The first-order valence-electron chi connectivity index (χ1n) is 17.7. The number of rotatable bonds is 13. The Morgan fingerprint density at radius 2 is 1.45 bits per heavy atom. The molecule has 0 spiro atoms. The molecule has 286 valence electrons. The minimum Gasteiger partial charge on any atom is -0.497 e. The molecular formula is C41H41FN3O9P. The SMILES string of the molecule is COc1ccc(C(OC[C@H]2O[C@@H](n3cc(C)c(=O)[nH]c3=O)C[C@@H]2OP2O[C@H](c3ccccc3)CN2C(=O)CF)(c2ccccc2)c2ccc(OC)cc2)cc1. The van der Waals surface area contributed by atoms with Gasteiger partial charge in [-0.05, 0) is 53.4 Å². The quantitative estimate of drug-likeness (QED) is 0.108. The minimum absolute atomic E-state index is 0.0758. The van der Waals surface area contributed by atoms with Crippen LogP contribution in [0, 0.1) is 6.92 Å². The summed E-state index contributed by atoms with van der Waals surface area (Å²) < 4.78 is 54.2. The van der Waals surface area contributed by atoms with E-state index in [9.17, 15) is 18.8 Å². The number of ether oxygens (including phenoxy) is 4. The predicted octanol–water partition coefficient (Wildman–Crippen LogP) is 6.34. The lowest BCUT2D eigenvalue weighted by Crippen LogP contribution is -2.38. The van der Waals surface area contributed by atoms with E-state index in [1.807, 2.05) is 109 Å². The van der Waals surface area contributed by atoms with E-state index in [4.69, 9.17) is 28.0 Å². The molecule has 14 heteroatoms. The van der Waals surface area contributed by atoms with Gasteiger partial charge in [-0.25, -0.2) is 9.18 Å². The number of hydrogen-bond donors (Lipinski definition) is 1. The summed E-state index contributed by atoms with van der Waals surface area (Å²) in [6.45, 7) is 0.392. The molecule has 4 aromatic carbocycles. The second-order valence-electron chi connectivity index (χ2n) is 13.2. The first-order valence-corrected chi connectivity index (χ1v) is 18.9. The van der Waals surface area contributed by atoms with Gasteiger partial charge in [0.2, 0.25) is 0 Å². The van der Waals surface area contributed by atoms with Gasteiger partial charge in [0.25, 0.3) is 20.0 Å². The molecule has 0 aliphatic carbocycles. The van der Waals surface area contributed by atoms with Crippen LogP contribution >= 0.6 is 8.53 Å². The molecule has 55 heavy (non-hydrogen) atoms. The van der Waals surface area contributed by atoms with Crippen LogP contribution in [0.1, 0.15) is 46.6 Å². The molecule has 12 nitrogen and oxygen atoms in total. The molecule has 2 aliphatic rings. The van der Waals surface area contributed by atoms with Gasteiger partial charge >= 0.3 is 5.69 Å². The third-order valence-corrected chi connectivity index (χ3v) is 11.5. The number of amides is 1. The minimum atomic E-state index is -2.11. The Balaban J connectivity index is 1.28. The Hall–Kier alpha value is -5.17. The standard InChI is InChI=1S/C41H41FN3O9P/c1-27-24-44(40(48)43-39(27)47)38-22-34(53-55-45(37(46)23-42)25-35(54-55)28-10-6-4-7-11-28)36(52-38)26-51-41(29-12-8-5-9-13-29,30-14-18-32(49-2)19-15-30)31-16-20-33(50-3)21-17-31/h4-21,24,34-36,38H,22-23,25-26H2,1-3H3,(H,43,47,48)/t34-,35-,36+,38+,55?/m0/s1. The monoisotopic (exact) mass is 769 g/mol. The number of nitrogens with one attached hydrogen (secondary N) is 1. The molecule has 0 radical (unpaired) electrons. The highest BCUT2D eigenvalue weighted by Gasteiger charge is 2.47. The van der Waals surface area contributed by atoms with Crippen molar-refractivity contribution in [2.45, 2.75) is 43.5 Å². The third kappa shape index (κ3) is 7.85. The number of methoxy groups -OCH3 is 2. The molecule has 1 amide bonds. The summed E-state index contributed by atoms with van der Waals surface area (Å²) in [6.07, 6.45) is -1.51. The van der Waals surface area contributed by atoms with Crippen LogP contribution < -0.4 is 20.7 Å². The first-order chi connectivity index (χ1) is 26.7. The van der Waals surface area contributed by atoms with Crippen molar-refractivity contribution < 1.29 is 37.2 Å². The lowest BCUT2D eigenvalue weighted by Gasteiger charge is -2.37. The van der Waals surface area contributed by atoms with Gasteiger partial charge in [0.1, 0.15) is 35.5 Å². The van der Waals surface area contributed by atoms with Crippen molar-refractivity contribution in [1.82, 2.24) is 14.2 Å². The number of nitrogens with zero attached hydrogens (tertiary/aromatic N) is 2. The van der Waals surface area contributed by atoms with Crippen LogP contribution in [-0.2, 0) is 28.9 Å². The number of hydrogen-bond acceptors (Lipinski definition) is 9. The molecular weight excluding hydrogens is 728 g/mol. The van der Waals surface area contributed by atoms with Crippen LogP contribution in [0.3, 0.4) is 0 Å². The molecule has 1 N–H and O–H groups in total. The van der Waals surface area contributed by atoms with Crippen molar-refractivity contribution in [3.8, 4) is 11.5 Å². The van der Waals surface area contributed by atoms with Crippen LogP contribution in [0.25, 0.3) is 0 Å². The Kier molecular flexibility index (Phi) is 11.6. The molecule has 5 aromatic rings. The Morgan fingerprint density at radius 1 is 0.873 bits per heavy atom. The Morgan fingerprint density at radius 3 is 2.04 bits per heavy atom. The second kappa shape index (κ2) is 16.7. The fourth-order valence-electron chi connectivity index (χ4n) is 6.93. The number of benzene rings is 4. The zero-order valence-corrected chi connectivity index (χ0v) is 31.4. The van der Waals surface area contributed by atoms with Gasteiger partial charge in [-0.3, -0.25) is 23.8 Å². The number of aromatic amines is 1. The van der Waals surface area contributed by atoms with E-state index in [-0.39, 0.29) is 19.6 Å². The van der Waals surface area contributed by atoms with Crippen molar-refractivity contribution >= 4 is 14.4 Å². The number of alkyl halides is 1. The summed E-state index contributed by atoms with van der Waals surface area (Å²) >= 11 is 0. The maximum atomic E-state index is 13.9. The van der Waals surface area contributed by atoms with Gasteiger partial charge in [0, 0.05) is 18.2 Å². The highest BCUT2D eigenvalue weighted by molar-refractivity contribution is 7.45. The van der Waals surface area contributed by atoms with Crippen LogP contribution in [-0.4, -0.2) is 66.4 Å². The van der Waals surface area contributed by atoms with Crippen molar-refractivity contribution in [3.05, 3.63) is 164 Å². The van der Waals surface area contributed by atoms with Gasteiger partial charge in [0.15, 0.2) is 6.67 Å². The number of aromatic nitrogens is 2. The summed E-state index contributed by atoms with van der Waals surface area (Å²) in [7, 11) is 1.09. The van der Waals surface area contributed by atoms with Crippen molar-refractivity contribution in [1.29, 1.82) is 0 Å². The van der Waals surface area contributed by atoms with Crippen LogP contribution in [0.5, 0.6) is 11.5 Å². The second-order valence-corrected chi connectivity index (χ2v) is 14.5. The van der Waals surface area contributed by atoms with E-state index in [0.29, 0.717) is 17.1 Å². The predicted molar refractivity (Wildman–Crippen MR) is 203 cm³/mol. The number of carbonyl (C=O) groups is 1. The molecule has 2 saturated heterocycles.